The van der Waals surface area contributed by atoms with Gasteiger partial charge >= 0.3 is 5.97 Å². The summed E-state index contributed by atoms with van der Waals surface area (Å²) in [6.45, 7) is 5.10. The second kappa shape index (κ2) is 8.24. The van der Waals surface area contributed by atoms with E-state index in [9.17, 15) is 4.79 Å². The second-order valence-electron chi connectivity index (χ2n) is 3.84. The van der Waals surface area contributed by atoms with Gasteiger partial charge in [-0.2, -0.15) is 0 Å². The average Bonchev–Trinajstić information content (AvgIpc) is 2.35. The molecule has 0 bridgehead atoms. The lowest BCUT2D eigenvalue weighted by molar-refractivity contribution is 0.0697. The molecule has 0 aliphatic heterocycles. The summed E-state index contributed by atoms with van der Waals surface area (Å²) in [5.74, 6) is -0.910. The number of aromatic carboxylic acids is 1. The number of hydrogen-bond acceptors (Lipinski definition) is 3. The van der Waals surface area contributed by atoms with Crippen LogP contribution >= 0.6 is 15.9 Å². The predicted octanol–water partition coefficient (Wildman–Crippen LogP) is 2.66. The van der Waals surface area contributed by atoms with Crippen molar-refractivity contribution in [2.24, 2.45) is 0 Å². The third-order valence-electron chi connectivity index (χ3n) is 2.46. The molecule has 0 spiro atoms. The van der Waals surface area contributed by atoms with E-state index in [0.717, 1.165) is 36.2 Å². The number of carboxylic acid groups (broad SMARTS) is 1. The van der Waals surface area contributed by atoms with Crippen LogP contribution in [0.1, 0.15) is 29.3 Å². The average molecular weight is 316 g/mol. The summed E-state index contributed by atoms with van der Waals surface area (Å²) < 4.78 is 6.06. The Morgan fingerprint density at radius 3 is 2.89 bits per heavy atom. The van der Waals surface area contributed by atoms with Gasteiger partial charge in [0.25, 0.3) is 0 Å². The van der Waals surface area contributed by atoms with E-state index in [1.807, 2.05) is 13.0 Å². The number of hydrogen-bond donors (Lipinski definition) is 2. The highest BCUT2D eigenvalue weighted by Crippen LogP contribution is 2.18. The fourth-order valence-corrected chi connectivity index (χ4v) is 2.01. The second-order valence-corrected chi connectivity index (χ2v) is 4.69. The predicted molar refractivity (Wildman–Crippen MR) is 73.9 cm³/mol. The molecule has 2 N–H and O–H groups in total. The Morgan fingerprint density at radius 2 is 2.28 bits per heavy atom. The van der Waals surface area contributed by atoms with Gasteiger partial charge in [0.05, 0.1) is 5.56 Å². The molecule has 0 aromatic heterocycles. The number of nitrogens with one attached hydrogen (secondary N) is 1. The molecule has 5 heteroatoms. The van der Waals surface area contributed by atoms with Crippen LogP contribution in [0.2, 0.25) is 0 Å². The van der Waals surface area contributed by atoms with Crippen LogP contribution in [0, 0.1) is 0 Å². The van der Waals surface area contributed by atoms with Gasteiger partial charge in [0, 0.05) is 24.2 Å². The molecular weight excluding hydrogens is 298 g/mol. The van der Waals surface area contributed by atoms with Gasteiger partial charge in [-0.3, -0.25) is 0 Å². The first-order chi connectivity index (χ1) is 8.65. The Kier molecular flexibility index (Phi) is 6.93. The maximum absolute atomic E-state index is 10.8. The van der Waals surface area contributed by atoms with E-state index in [2.05, 4.69) is 21.2 Å². The van der Waals surface area contributed by atoms with Crippen LogP contribution in [0.4, 0.5) is 0 Å². The molecule has 0 saturated carbocycles. The van der Waals surface area contributed by atoms with Crippen molar-refractivity contribution in [3.05, 3.63) is 33.8 Å². The SMILES string of the molecule is CCOCCCNCc1ccc(C(=O)O)cc1Br. The maximum atomic E-state index is 10.8. The molecule has 1 rings (SSSR count). The van der Waals surface area contributed by atoms with Crippen LogP contribution in [0.3, 0.4) is 0 Å². The first kappa shape index (κ1) is 15.1. The van der Waals surface area contributed by atoms with Gasteiger partial charge in [-0.15, -0.1) is 0 Å². The smallest absolute Gasteiger partial charge is 0.335 e. The molecule has 0 aliphatic rings. The molecule has 4 nitrogen and oxygen atoms in total. The van der Waals surface area contributed by atoms with Crippen LogP contribution in [0.25, 0.3) is 0 Å². The van der Waals surface area contributed by atoms with Gasteiger partial charge in [0.15, 0.2) is 0 Å². The zero-order valence-electron chi connectivity index (χ0n) is 10.4. The van der Waals surface area contributed by atoms with Crippen molar-refractivity contribution in [3.63, 3.8) is 0 Å². The van der Waals surface area contributed by atoms with E-state index in [4.69, 9.17) is 9.84 Å². The van der Waals surface area contributed by atoms with Crippen molar-refractivity contribution < 1.29 is 14.6 Å². The summed E-state index contributed by atoms with van der Waals surface area (Å²) >= 11 is 3.38. The third-order valence-corrected chi connectivity index (χ3v) is 3.20. The molecule has 0 amide bonds. The molecule has 0 unspecified atom stereocenters. The molecular formula is C13H18BrNO3. The van der Waals surface area contributed by atoms with Crippen molar-refractivity contribution in [1.82, 2.24) is 5.32 Å². The van der Waals surface area contributed by atoms with E-state index in [1.165, 1.54) is 0 Å². The van der Waals surface area contributed by atoms with E-state index in [-0.39, 0.29) is 0 Å². The minimum atomic E-state index is -0.910. The lowest BCUT2D eigenvalue weighted by Crippen LogP contribution is -2.16. The molecule has 0 heterocycles. The molecule has 1 aromatic rings. The zero-order chi connectivity index (χ0) is 13.4. The molecule has 0 fully saturated rings. The highest BCUT2D eigenvalue weighted by Gasteiger charge is 2.06. The number of ether oxygens (including phenoxy) is 1. The first-order valence-corrected chi connectivity index (χ1v) is 6.74. The summed E-state index contributed by atoms with van der Waals surface area (Å²) in [5, 5.41) is 12.1. The minimum Gasteiger partial charge on any atom is -0.478 e. The molecule has 0 aliphatic carbocycles. The fraction of sp³-hybridized carbons (Fsp3) is 0.462. The summed E-state index contributed by atoms with van der Waals surface area (Å²) in [7, 11) is 0. The normalized spacial score (nSPS) is 10.6. The molecule has 18 heavy (non-hydrogen) atoms. The molecule has 100 valence electrons. The number of carboxylic acids is 1. The van der Waals surface area contributed by atoms with Crippen molar-refractivity contribution in [2.45, 2.75) is 19.9 Å². The minimum absolute atomic E-state index is 0.293. The molecule has 1 aromatic carbocycles. The summed E-state index contributed by atoms with van der Waals surface area (Å²) in [6.07, 6.45) is 0.971. The van der Waals surface area contributed by atoms with Gasteiger partial charge in [-0.1, -0.05) is 22.0 Å². The first-order valence-electron chi connectivity index (χ1n) is 5.95. The Bertz CT molecular complexity index is 396. The number of rotatable bonds is 8. The summed E-state index contributed by atoms with van der Waals surface area (Å²) in [4.78, 5) is 10.8. The zero-order valence-corrected chi connectivity index (χ0v) is 12.0. The standard InChI is InChI=1S/C13H18BrNO3/c1-2-18-7-3-6-15-9-11-5-4-10(13(16)17)8-12(11)14/h4-5,8,15H,2-3,6-7,9H2,1H3,(H,16,17). The molecule has 0 radical (unpaired) electrons. The van der Waals surface area contributed by atoms with Crippen LogP contribution in [0.15, 0.2) is 22.7 Å². The molecule has 0 saturated heterocycles. The van der Waals surface area contributed by atoms with E-state index in [0.29, 0.717) is 12.1 Å². The lowest BCUT2D eigenvalue weighted by Gasteiger charge is -2.07. The Balaban J connectivity index is 2.36. The van der Waals surface area contributed by atoms with Crippen molar-refractivity contribution >= 4 is 21.9 Å². The topological polar surface area (TPSA) is 58.6 Å². The Morgan fingerprint density at radius 1 is 1.50 bits per heavy atom. The maximum Gasteiger partial charge on any atom is 0.335 e. The Labute approximate surface area is 115 Å². The van der Waals surface area contributed by atoms with Crippen molar-refractivity contribution in [1.29, 1.82) is 0 Å². The van der Waals surface area contributed by atoms with Crippen LogP contribution in [-0.4, -0.2) is 30.8 Å². The van der Waals surface area contributed by atoms with Gasteiger partial charge in [-0.25, -0.2) is 4.79 Å². The van der Waals surface area contributed by atoms with E-state index < -0.39 is 5.97 Å². The summed E-state index contributed by atoms with van der Waals surface area (Å²) in [5.41, 5.74) is 1.35. The number of benzene rings is 1. The van der Waals surface area contributed by atoms with Gasteiger partial charge in [0.2, 0.25) is 0 Å². The Hall–Kier alpha value is -0.910. The number of halogens is 1. The van der Waals surface area contributed by atoms with Gasteiger partial charge in [-0.05, 0) is 37.6 Å². The lowest BCUT2D eigenvalue weighted by atomic mass is 10.1. The van der Waals surface area contributed by atoms with E-state index >= 15 is 0 Å². The highest BCUT2D eigenvalue weighted by atomic mass is 79.9. The van der Waals surface area contributed by atoms with Crippen LogP contribution in [-0.2, 0) is 11.3 Å². The van der Waals surface area contributed by atoms with Crippen molar-refractivity contribution in [3.8, 4) is 0 Å². The largest absolute Gasteiger partial charge is 0.478 e. The quantitative estimate of drug-likeness (QED) is 0.724. The van der Waals surface area contributed by atoms with Gasteiger partial charge in [0.1, 0.15) is 0 Å². The molecule has 0 atom stereocenters. The highest BCUT2D eigenvalue weighted by molar-refractivity contribution is 9.10. The number of carbonyl (C=O) groups is 1. The summed E-state index contributed by atoms with van der Waals surface area (Å²) in [6, 6.07) is 5.06. The van der Waals surface area contributed by atoms with Crippen LogP contribution < -0.4 is 5.32 Å². The third kappa shape index (κ3) is 5.16. The van der Waals surface area contributed by atoms with Crippen LogP contribution in [0.5, 0.6) is 0 Å². The van der Waals surface area contributed by atoms with E-state index in [1.54, 1.807) is 12.1 Å². The monoisotopic (exact) mass is 315 g/mol. The van der Waals surface area contributed by atoms with Crippen molar-refractivity contribution in [2.75, 3.05) is 19.8 Å². The van der Waals surface area contributed by atoms with Gasteiger partial charge < -0.3 is 15.2 Å². The fourth-order valence-electron chi connectivity index (χ4n) is 1.49.